The molecule has 7 heteroatoms. The van der Waals surface area contributed by atoms with Gasteiger partial charge in [0.05, 0.1) is 12.0 Å². The molecule has 1 fully saturated rings. The number of carboxylic acid groups (broad SMARTS) is 1. The quantitative estimate of drug-likeness (QED) is 0.815. The Hall–Kier alpha value is -2.02. The molecule has 1 aliphatic rings. The zero-order valence-corrected chi connectivity index (χ0v) is 12.8. The largest absolute Gasteiger partial charge is 0.481 e. The van der Waals surface area contributed by atoms with E-state index in [4.69, 9.17) is 4.74 Å². The molecule has 0 spiro atoms. The number of nitrogens with zero attached hydrogens (tertiary/aromatic N) is 1. The van der Waals surface area contributed by atoms with Crippen LogP contribution in [0.2, 0.25) is 0 Å². The molecule has 23 heavy (non-hydrogen) atoms. The molecule has 126 valence electrons. The number of carbonyl (C=O) groups excluding carboxylic acids is 1. The zero-order valence-electron chi connectivity index (χ0n) is 12.8. The third kappa shape index (κ3) is 3.85. The second-order valence-electron chi connectivity index (χ2n) is 5.54. The van der Waals surface area contributed by atoms with Crippen molar-refractivity contribution < 1.29 is 28.2 Å². The summed E-state index contributed by atoms with van der Waals surface area (Å²) < 4.78 is 31.7. The number of carboxylic acids is 1. The molecule has 5 nitrogen and oxygen atoms in total. The number of halogens is 2. The minimum absolute atomic E-state index is 0.129. The maximum absolute atomic E-state index is 13.5. The highest BCUT2D eigenvalue weighted by molar-refractivity contribution is 5.81. The van der Waals surface area contributed by atoms with Crippen molar-refractivity contribution in [2.75, 3.05) is 20.3 Å². The van der Waals surface area contributed by atoms with Crippen LogP contribution < -0.4 is 0 Å². The van der Waals surface area contributed by atoms with Crippen molar-refractivity contribution in [3.8, 4) is 0 Å². The van der Waals surface area contributed by atoms with E-state index in [1.165, 1.54) is 18.1 Å². The van der Waals surface area contributed by atoms with Gasteiger partial charge < -0.3 is 14.7 Å². The fourth-order valence-corrected chi connectivity index (χ4v) is 2.96. The van der Waals surface area contributed by atoms with Gasteiger partial charge in [0.2, 0.25) is 5.91 Å². The van der Waals surface area contributed by atoms with Gasteiger partial charge in [0.25, 0.3) is 0 Å². The van der Waals surface area contributed by atoms with Crippen molar-refractivity contribution in [2.24, 2.45) is 5.92 Å². The molecule has 1 aromatic rings. The molecule has 0 aromatic heterocycles. The van der Waals surface area contributed by atoms with E-state index < -0.39 is 29.6 Å². The van der Waals surface area contributed by atoms with Crippen molar-refractivity contribution in [3.63, 3.8) is 0 Å². The van der Waals surface area contributed by atoms with Crippen LogP contribution in [0.3, 0.4) is 0 Å². The highest BCUT2D eigenvalue weighted by Crippen LogP contribution is 2.37. The lowest BCUT2D eigenvalue weighted by Gasteiger charge is -2.40. The average Bonchev–Trinajstić information content (AvgIpc) is 2.51. The number of ether oxygens (including phenoxy) is 1. The van der Waals surface area contributed by atoms with E-state index in [-0.39, 0.29) is 18.7 Å². The molecule has 0 radical (unpaired) electrons. The summed E-state index contributed by atoms with van der Waals surface area (Å²) in [7, 11) is 1.53. The van der Waals surface area contributed by atoms with Crippen LogP contribution in [-0.4, -0.2) is 42.1 Å². The standard InChI is InChI=1S/C16H19F2NO4/c1-23-8-2-7-19-14(20)6-4-11(16(21)22)15(19)10-3-5-12(17)13(18)9-10/h3,5,9,11,15H,2,4,6-8H2,1H3,(H,21,22)/t11-,15+/m0/s1. The number of methoxy groups -OCH3 is 1. The van der Waals surface area contributed by atoms with Crippen LogP contribution in [0.1, 0.15) is 30.9 Å². The summed E-state index contributed by atoms with van der Waals surface area (Å²) in [6, 6.07) is 2.45. The summed E-state index contributed by atoms with van der Waals surface area (Å²) in [4.78, 5) is 25.2. The highest BCUT2D eigenvalue weighted by atomic mass is 19.2. The van der Waals surface area contributed by atoms with Crippen LogP contribution in [0.25, 0.3) is 0 Å². The molecular weight excluding hydrogens is 308 g/mol. The number of hydrogen-bond acceptors (Lipinski definition) is 3. The Bertz CT molecular complexity index is 593. The van der Waals surface area contributed by atoms with Gasteiger partial charge in [-0.3, -0.25) is 9.59 Å². The average molecular weight is 327 g/mol. The van der Waals surface area contributed by atoms with Gasteiger partial charge in [0.15, 0.2) is 11.6 Å². The first-order chi connectivity index (χ1) is 11.0. The fourth-order valence-electron chi connectivity index (χ4n) is 2.96. The number of hydrogen-bond donors (Lipinski definition) is 1. The van der Waals surface area contributed by atoms with Gasteiger partial charge in [0.1, 0.15) is 0 Å². The van der Waals surface area contributed by atoms with Crippen molar-refractivity contribution >= 4 is 11.9 Å². The normalized spacial score (nSPS) is 21.5. The smallest absolute Gasteiger partial charge is 0.308 e. The van der Waals surface area contributed by atoms with Gasteiger partial charge >= 0.3 is 5.97 Å². The Morgan fingerprint density at radius 3 is 2.74 bits per heavy atom. The van der Waals surface area contributed by atoms with Crippen molar-refractivity contribution in [1.29, 1.82) is 0 Å². The first kappa shape index (κ1) is 17.3. The molecule has 0 aliphatic carbocycles. The number of benzene rings is 1. The molecule has 0 unspecified atom stereocenters. The molecular formula is C16H19F2NO4. The predicted octanol–water partition coefficient (Wildman–Crippen LogP) is 2.37. The Kier molecular flexibility index (Phi) is 5.65. The molecule has 1 amide bonds. The number of piperidine rings is 1. The minimum atomic E-state index is -1.05. The van der Waals surface area contributed by atoms with Gasteiger partial charge in [-0.2, -0.15) is 0 Å². The maximum atomic E-state index is 13.5. The van der Waals surface area contributed by atoms with Gasteiger partial charge in [-0.15, -0.1) is 0 Å². The summed E-state index contributed by atoms with van der Waals surface area (Å²) in [5.41, 5.74) is 0.293. The molecule has 1 aromatic carbocycles. The molecule has 1 N–H and O–H groups in total. The van der Waals surface area contributed by atoms with Crippen LogP contribution in [0.5, 0.6) is 0 Å². The first-order valence-electron chi connectivity index (χ1n) is 7.42. The number of amides is 1. The van der Waals surface area contributed by atoms with Crippen LogP contribution in [0.4, 0.5) is 8.78 Å². The van der Waals surface area contributed by atoms with Crippen LogP contribution in [-0.2, 0) is 14.3 Å². The molecule has 2 atom stereocenters. The SMILES string of the molecule is COCCCN1C(=O)CC[C@H](C(=O)O)[C@H]1c1ccc(F)c(F)c1. The van der Waals surface area contributed by atoms with Crippen molar-refractivity contribution in [2.45, 2.75) is 25.3 Å². The molecule has 0 bridgehead atoms. The highest BCUT2D eigenvalue weighted by Gasteiger charge is 2.40. The van der Waals surface area contributed by atoms with Gasteiger partial charge in [0, 0.05) is 26.7 Å². The predicted molar refractivity (Wildman–Crippen MR) is 77.7 cm³/mol. The lowest BCUT2D eigenvalue weighted by molar-refractivity contribution is -0.152. The molecule has 2 rings (SSSR count). The first-order valence-corrected chi connectivity index (χ1v) is 7.42. The van der Waals surface area contributed by atoms with E-state index in [1.54, 1.807) is 0 Å². The lowest BCUT2D eigenvalue weighted by atomic mass is 9.84. The summed E-state index contributed by atoms with van der Waals surface area (Å²) in [6.45, 7) is 0.728. The fraction of sp³-hybridized carbons (Fsp3) is 0.500. The summed E-state index contributed by atoms with van der Waals surface area (Å²) in [6.07, 6.45) is 0.845. The van der Waals surface area contributed by atoms with Crippen LogP contribution >= 0.6 is 0 Å². The summed E-state index contributed by atoms with van der Waals surface area (Å²) in [5.74, 6) is -4.15. The topological polar surface area (TPSA) is 66.8 Å². The number of aliphatic carboxylic acids is 1. The van der Waals surface area contributed by atoms with E-state index in [1.807, 2.05) is 0 Å². The van der Waals surface area contributed by atoms with Crippen molar-refractivity contribution in [1.82, 2.24) is 4.90 Å². The van der Waals surface area contributed by atoms with E-state index in [0.29, 0.717) is 25.1 Å². The second-order valence-corrected chi connectivity index (χ2v) is 5.54. The van der Waals surface area contributed by atoms with E-state index >= 15 is 0 Å². The number of rotatable bonds is 6. The minimum Gasteiger partial charge on any atom is -0.481 e. The summed E-state index contributed by atoms with van der Waals surface area (Å²) in [5, 5.41) is 9.44. The van der Waals surface area contributed by atoms with E-state index in [9.17, 15) is 23.5 Å². The Morgan fingerprint density at radius 2 is 2.13 bits per heavy atom. The third-order valence-corrected chi connectivity index (χ3v) is 4.06. The number of carbonyl (C=O) groups is 2. The Labute approximate surface area is 132 Å². The molecule has 1 aliphatic heterocycles. The lowest BCUT2D eigenvalue weighted by Crippen LogP contribution is -2.46. The zero-order chi connectivity index (χ0) is 17.0. The van der Waals surface area contributed by atoms with Crippen LogP contribution in [0, 0.1) is 17.6 Å². The van der Waals surface area contributed by atoms with Crippen LogP contribution in [0.15, 0.2) is 18.2 Å². The number of likely N-dealkylation sites (tertiary alicyclic amines) is 1. The molecule has 1 saturated heterocycles. The van der Waals surface area contributed by atoms with Gasteiger partial charge in [-0.25, -0.2) is 8.78 Å². The Morgan fingerprint density at radius 1 is 1.39 bits per heavy atom. The van der Waals surface area contributed by atoms with E-state index in [2.05, 4.69) is 0 Å². The Balaban J connectivity index is 2.36. The van der Waals surface area contributed by atoms with Gasteiger partial charge in [-0.1, -0.05) is 6.07 Å². The third-order valence-electron chi connectivity index (χ3n) is 4.06. The monoisotopic (exact) mass is 327 g/mol. The molecule has 0 saturated carbocycles. The molecule has 1 heterocycles. The maximum Gasteiger partial charge on any atom is 0.308 e. The van der Waals surface area contributed by atoms with Gasteiger partial charge in [-0.05, 0) is 30.5 Å². The second kappa shape index (κ2) is 7.50. The van der Waals surface area contributed by atoms with Crippen molar-refractivity contribution in [3.05, 3.63) is 35.4 Å². The summed E-state index contributed by atoms with van der Waals surface area (Å²) >= 11 is 0. The van der Waals surface area contributed by atoms with E-state index in [0.717, 1.165) is 12.1 Å².